The van der Waals surface area contributed by atoms with E-state index in [-0.39, 0.29) is 5.56 Å². The van der Waals surface area contributed by atoms with Crippen molar-refractivity contribution in [1.82, 2.24) is 4.98 Å². The maximum atomic E-state index is 13.1. The number of alkyl halides is 3. The quantitative estimate of drug-likeness (QED) is 0.354. The standard InChI is InChI=1S/C23H18F3NS/c1-15(23(24,25)26)17-10-11-27-21(14-17)20-9-5-8-18-13-19(28-22(18)20)12-16-6-3-2-4-7-16/h2-11,13-15H,12H2,1H3/t15-/m1/s1. The van der Waals surface area contributed by atoms with E-state index in [1.54, 1.807) is 17.4 Å². The second kappa shape index (κ2) is 7.40. The maximum absolute atomic E-state index is 13.1. The average molecular weight is 397 g/mol. The predicted octanol–water partition coefficient (Wildman–Crippen LogP) is 7.22. The van der Waals surface area contributed by atoms with E-state index in [4.69, 9.17) is 0 Å². The van der Waals surface area contributed by atoms with Gasteiger partial charge in [-0.3, -0.25) is 4.98 Å². The van der Waals surface area contributed by atoms with Crippen molar-refractivity contribution in [2.45, 2.75) is 25.4 Å². The highest BCUT2D eigenvalue weighted by Crippen LogP contribution is 2.38. The van der Waals surface area contributed by atoms with E-state index in [1.807, 2.05) is 36.4 Å². The van der Waals surface area contributed by atoms with Crippen LogP contribution in [0.3, 0.4) is 0 Å². The molecule has 0 radical (unpaired) electrons. The summed E-state index contributed by atoms with van der Waals surface area (Å²) in [4.78, 5) is 5.57. The van der Waals surface area contributed by atoms with Gasteiger partial charge in [-0.2, -0.15) is 13.2 Å². The van der Waals surface area contributed by atoms with Crippen molar-refractivity contribution < 1.29 is 13.2 Å². The Morgan fingerprint density at radius 3 is 2.50 bits per heavy atom. The van der Waals surface area contributed by atoms with E-state index in [9.17, 15) is 13.2 Å². The smallest absolute Gasteiger partial charge is 0.256 e. The number of rotatable bonds is 4. The van der Waals surface area contributed by atoms with Crippen molar-refractivity contribution in [3.63, 3.8) is 0 Å². The van der Waals surface area contributed by atoms with Gasteiger partial charge in [0.05, 0.1) is 11.6 Å². The minimum absolute atomic E-state index is 0.232. The normalized spacial score (nSPS) is 13.0. The molecule has 0 saturated heterocycles. The van der Waals surface area contributed by atoms with Crippen LogP contribution in [0.25, 0.3) is 21.3 Å². The summed E-state index contributed by atoms with van der Waals surface area (Å²) in [6.07, 6.45) is -1.97. The first-order valence-electron chi connectivity index (χ1n) is 9.00. The lowest BCUT2D eigenvalue weighted by Gasteiger charge is -2.16. The molecule has 0 fully saturated rings. The summed E-state index contributed by atoms with van der Waals surface area (Å²) >= 11 is 1.67. The highest BCUT2D eigenvalue weighted by molar-refractivity contribution is 7.19. The number of nitrogens with zero attached hydrogens (tertiary/aromatic N) is 1. The summed E-state index contributed by atoms with van der Waals surface area (Å²) in [7, 11) is 0. The number of benzene rings is 2. The lowest BCUT2D eigenvalue weighted by molar-refractivity contribution is -0.146. The number of thiophene rings is 1. The van der Waals surface area contributed by atoms with E-state index < -0.39 is 12.1 Å². The summed E-state index contributed by atoms with van der Waals surface area (Å²) in [5.74, 6) is -1.52. The van der Waals surface area contributed by atoms with Crippen LogP contribution in [-0.4, -0.2) is 11.2 Å². The number of halogens is 3. The van der Waals surface area contributed by atoms with Crippen LogP contribution in [0.15, 0.2) is 72.9 Å². The molecule has 1 nitrogen and oxygen atoms in total. The first-order valence-corrected chi connectivity index (χ1v) is 9.82. The monoisotopic (exact) mass is 397 g/mol. The summed E-state index contributed by atoms with van der Waals surface area (Å²) in [5, 5.41) is 1.09. The molecule has 1 atom stereocenters. The first-order chi connectivity index (χ1) is 13.4. The highest BCUT2D eigenvalue weighted by atomic mass is 32.1. The van der Waals surface area contributed by atoms with Crippen molar-refractivity contribution in [3.05, 3.63) is 88.9 Å². The van der Waals surface area contributed by atoms with Crippen LogP contribution in [0.2, 0.25) is 0 Å². The molecule has 0 aliphatic carbocycles. The molecule has 2 aromatic carbocycles. The van der Waals surface area contributed by atoms with Crippen LogP contribution >= 0.6 is 11.3 Å². The van der Waals surface area contributed by atoms with E-state index in [1.165, 1.54) is 29.6 Å². The molecule has 0 N–H and O–H groups in total. The largest absolute Gasteiger partial charge is 0.395 e. The summed E-state index contributed by atoms with van der Waals surface area (Å²) in [5.41, 5.74) is 2.91. The van der Waals surface area contributed by atoms with Crippen molar-refractivity contribution in [3.8, 4) is 11.3 Å². The van der Waals surface area contributed by atoms with Crippen LogP contribution in [0.5, 0.6) is 0 Å². The van der Waals surface area contributed by atoms with Gasteiger partial charge in [0.1, 0.15) is 0 Å². The van der Waals surface area contributed by atoms with Gasteiger partial charge in [0.15, 0.2) is 0 Å². The van der Waals surface area contributed by atoms with Gasteiger partial charge in [-0.05, 0) is 41.6 Å². The number of hydrogen-bond acceptors (Lipinski definition) is 2. The maximum Gasteiger partial charge on any atom is 0.395 e. The Labute approximate surface area is 165 Å². The number of fused-ring (bicyclic) bond motifs is 1. The molecule has 2 heterocycles. The Bertz CT molecular complexity index is 1100. The lowest BCUT2D eigenvalue weighted by Crippen LogP contribution is -2.17. The molecular weight excluding hydrogens is 379 g/mol. The Hall–Kier alpha value is -2.66. The number of hydrogen-bond donors (Lipinski definition) is 0. The topological polar surface area (TPSA) is 12.9 Å². The zero-order valence-corrected chi connectivity index (χ0v) is 16.0. The fourth-order valence-corrected chi connectivity index (χ4v) is 4.47. The molecule has 5 heteroatoms. The minimum atomic E-state index is -4.27. The zero-order valence-electron chi connectivity index (χ0n) is 15.2. The van der Waals surface area contributed by atoms with E-state index >= 15 is 0 Å². The molecule has 142 valence electrons. The summed E-state index contributed by atoms with van der Waals surface area (Å²) in [6.45, 7) is 1.18. The molecule has 0 saturated carbocycles. The molecule has 0 amide bonds. The second-order valence-corrected chi connectivity index (χ2v) is 7.97. The summed E-state index contributed by atoms with van der Waals surface area (Å²) in [6, 6.07) is 21.3. The Balaban J connectivity index is 1.73. The van der Waals surface area contributed by atoms with Gasteiger partial charge in [-0.1, -0.05) is 48.5 Å². The third-order valence-corrected chi connectivity index (χ3v) is 6.05. The molecule has 2 aromatic heterocycles. The van der Waals surface area contributed by atoms with Crippen molar-refractivity contribution in [2.75, 3.05) is 0 Å². The van der Waals surface area contributed by atoms with Crippen LogP contribution in [0, 0.1) is 0 Å². The molecule has 4 rings (SSSR count). The first kappa shape index (κ1) is 18.7. The van der Waals surface area contributed by atoms with Gasteiger partial charge in [-0.15, -0.1) is 11.3 Å². The Morgan fingerprint density at radius 1 is 0.964 bits per heavy atom. The van der Waals surface area contributed by atoms with Gasteiger partial charge < -0.3 is 0 Å². The van der Waals surface area contributed by atoms with Gasteiger partial charge in [0.2, 0.25) is 0 Å². The number of pyridine rings is 1. The van der Waals surface area contributed by atoms with Gasteiger partial charge in [0, 0.05) is 27.8 Å². The third-order valence-electron chi connectivity index (χ3n) is 4.87. The predicted molar refractivity (Wildman–Crippen MR) is 109 cm³/mol. The van der Waals surface area contributed by atoms with E-state index in [0.29, 0.717) is 5.69 Å². The lowest BCUT2D eigenvalue weighted by atomic mass is 9.99. The SMILES string of the molecule is C[C@H](c1ccnc(-c2cccc3cc(Cc4ccccc4)sc23)c1)C(F)(F)F. The van der Waals surface area contributed by atoms with Gasteiger partial charge in [-0.25, -0.2) is 0 Å². The fourth-order valence-electron chi connectivity index (χ4n) is 3.25. The van der Waals surface area contributed by atoms with E-state index in [2.05, 4.69) is 23.2 Å². The Morgan fingerprint density at radius 2 is 1.75 bits per heavy atom. The highest BCUT2D eigenvalue weighted by Gasteiger charge is 2.37. The molecular formula is C23H18F3NS. The van der Waals surface area contributed by atoms with Crippen LogP contribution in [0.4, 0.5) is 13.2 Å². The van der Waals surface area contributed by atoms with Crippen molar-refractivity contribution in [2.24, 2.45) is 0 Å². The molecule has 0 spiro atoms. The second-order valence-electron chi connectivity index (χ2n) is 6.84. The Kier molecular flexibility index (Phi) is 4.94. The molecule has 4 aromatic rings. The molecule has 0 aliphatic heterocycles. The van der Waals surface area contributed by atoms with Crippen LogP contribution < -0.4 is 0 Å². The molecule has 0 unspecified atom stereocenters. The van der Waals surface area contributed by atoms with Gasteiger partial charge in [0.25, 0.3) is 0 Å². The van der Waals surface area contributed by atoms with Crippen molar-refractivity contribution in [1.29, 1.82) is 0 Å². The fraction of sp³-hybridized carbons (Fsp3) is 0.174. The van der Waals surface area contributed by atoms with E-state index in [0.717, 1.165) is 22.1 Å². The van der Waals surface area contributed by atoms with Crippen LogP contribution in [-0.2, 0) is 6.42 Å². The van der Waals surface area contributed by atoms with Gasteiger partial charge >= 0.3 is 6.18 Å². The molecule has 28 heavy (non-hydrogen) atoms. The van der Waals surface area contributed by atoms with Crippen LogP contribution in [0.1, 0.15) is 28.8 Å². The third kappa shape index (κ3) is 3.80. The number of aromatic nitrogens is 1. The minimum Gasteiger partial charge on any atom is -0.256 e. The average Bonchev–Trinajstić information content (AvgIpc) is 3.10. The molecule has 0 aliphatic rings. The van der Waals surface area contributed by atoms with Crippen molar-refractivity contribution >= 4 is 21.4 Å². The summed E-state index contributed by atoms with van der Waals surface area (Å²) < 4.78 is 40.4. The zero-order chi connectivity index (χ0) is 19.7. The molecule has 0 bridgehead atoms.